The number of anilines is 1. The van der Waals surface area contributed by atoms with Gasteiger partial charge in [0.15, 0.2) is 0 Å². The second kappa shape index (κ2) is 9.67. The summed E-state index contributed by atoms with van der Waals surface area (Å²) in [6.45, 7) is 7.50. The van der Waals surface area contributed by atoms with Gasteiger partial charge in [0.05, 0.1) is 31.2 Å². The lowest BCUT2D eigenvalue weighted by Crippen LogP contribution is -2.41. The number of carbonyl (C=O) groups excluding carboxylic acids is 1. The zero-order chi connectivity index (χ0) is 21.8. The van der Waals surface area contributed by atoms with E-state index in [0.717, 1.165) is 34.4 Å². The largest absolute Gasteiger partial charge is 0.462 e. The molecule has 3 heterocycles. The van der Waals surface area contributed by atoms with Gasteiger partial charge in [-0.3, -0.25) is 4.90 Å². The minimum Gasteiger partial charge on any atom is -0.462 e. The highest BCUT2D eigenvalue weighted by atomic mass is 32.1. The van der Waals surface area contributed by atoms with E-state index in [1.165, 1.54) is 29.8 Å². The predicted octanol–water partition coefficient (Wildman–Crippen LogP) is 3.80. The van der Waals surface area contributed by atoms with E-state index < -0.39 is 0 Å². The van der Waals surface area contributed by atoms with Crippen LogP contribution in [-0.2, 0) is 9.47 Å². The zero-order valence-corrected chi connectivity index (χ0v) is 18.4. The van der Waals surface area contributed by atoms with Crippen LogP contribution in [0.3, 0.4) is 0 Å². The number of aryl methyl sites for hydroxylation is 1. The third kappa shape index (κ3) is 4.68. The van der Waals surface area contributed by atoms with Crippen molar-refractivity contribution in [3.8, 4) is 0 Å². The summed E-state index contributed by atoms with van der Waals surface area (Å²) in [5.74, 6) is 0.0801. The fourth-order valence-electron chi connectivity index (χ4n) is 3.82. The molecule has 0 spiro atoms. The number of nitrogens with zero attached hydrogens (tertiary/aromatic N) is 3. The maximum Gasteiger partial charge on any atom is 0.348 e. The number of nitrogens with one attached hydrogen (secondary N) is 1. The van der Waals surface area contributed by atoms with Gasteiger partial charge in [0.25, 0.3) is 0 Å². The minimum absolute atomic E-state index is 0.0259. The Hall–Kier alpha value is -2.62. The van der Waals surface area contributed by atoms with E-state index in [0.29, 0.717) is 37.1 Å². The molecule has 9 heteroatoms. The quantitative estimate of drug-likeness (QED) is 0.556. The molecule has 1 atom stereocenters. The minimum atomic E-state index is -0.341. The van der Waals surface area contributed by atoms with Gasteiger partial charge >= 0.3 is 5.97 Å². The van der Waals surface area contributed by atoms with Crippen LogP contribution in [0.4, 0.5) is 10.2 Å². The van der Waals surface area contributed by atoms with Gasteiger partial charge in [0.1, 0.15) is 27.7 Å². The van der Waals surface area contributed by atoms with Crippen molar-refractivity contribution in [3.05, 3.63) is 52.4 Å². The number of morpholine rings is 1. The standard InChI is InChI=1S/C22H25FN4O3S/c1-3-30-22(28)19-14(2)18-20(25-13-26-21(18)31-19)24-12-17(27-8-10-29-11-9-27)15-4-6-16(23)7-5-15/h4-7,13,17H,3,8-12H2,1-2H3,(H,24,25,26). The maximum absolute atomic E-state index is 13.5. The van der Waals surface area contributed by atoms with E-state index in [1.807, 2.05) is 19.1 Å². The Balaban J connectivity index is 1.62. The lowest BCUT2D eigenvalue weighted by molar-refractivity contribution is 0.0187. The van der Waals surface area contributed by atoms with Gasteiger partial charge < -0.3 is 14.8 Å². The van der Waals surface area contributed by atoms with Crippen molar-refractivity contribution in [2.75, 3.05) is 44.8 Å². The van der Waals surface area contributed by atoms with E-state index in [4.69, 9.17) is 9.47 Å². The van der Waals surface area contributed by atoms with Crippen LogP contribution < -0.4 is 5.32 Å². The Morgan fingerprint density at radius 2 is 2.03 bits per heavy atom. The molecule has 0 amide bonds. The summed E-state index contributed by atoms with van der Waals surface area (Å²) in [6, 6.07) is 6.64. The lowest BCUT2D eigenvalue weighted by Gasteiger charge is -2.35. The predicted molar refractivity (Wildman–Crippen MR) is 118 cm³/mol. The highest BCUT2D eigenvalue weighted by Crippen LogP contribution is 2.34. The second-order valence-corrected chi connectivity index (χ2v) is 8.27. The van der Waals surface area contributed by atoms with Gasteiger partial charge in [-0.05, 0) is 37.1 Å². The Kier molecular flexibility index (Phi) is 6.74. The van der Waals surface area contributed by atoms with Gasteiger partial charge in [-0.1, -0.05) is 12.1 Å². The van der Waals surface area contributed by atoms with Crippen molar-refractivity contribution in [2.45, 2.75) is 19.9 Å². The second-order valence-electron chi connectivity index (χ2n) is 7.28. The zero-order valence-electron chi connectivity index (χ0n) is 17.6. The molecule has 1 aromatic carbocycles. The first-order valence-corrected chi connectivity index (χ1v) is 11.1. The van der Waals surface area contributed by atoms with Crippen molar-refractivity contribution < 1.29 is 18.7 Å². The summed E-state index contributed by atoms with van der Waals surface area (Å²) in [6.07, 6.45) is 1.50. The molecule has 1 unspecified atom stereocenters. The van der Waals surface area contributed by atoms with Gasteiger partial charge in [0.2, 0.25) is 0 Å². The van der Waals surface area contributed by atoms with Crippen LogP contribution in [-0.4, -0.2) is 60.3 Å². The van der Waals surface area contributed by atoms with Crippen LogP contribution in [0.5, 0.6) is 0 Å². The average Bonchev–Trinajstić information content (AvgIpc) is 3.13. The molecule has 164 valence electrons. The fraction of sp³-hybridized carbons (Fsp3) is 0.409. The Morgan fingerprint density at radius 3 is 2.74 bits per heavy atom. The molecule has 2 aromatic heterocycles. The molecule has 0 bridgehead atoms. The first-order chi connectivity index (χ1) is 15.1. The number of rotatable bonds is 7. The third-order valence-electron chi connectivity index (χ3n) is 5.39. The van der Waals surface area contributed by atoms with E-state index in [9.17, 15) is 9.18 Å². The molecule has 1 saturated heterocycles. The lowest BCUT2D eigenvalue weighted by atomic mass is 10.0. The van der Waals surface area contributed by atoms with Crippen molar-refractivity contribution >= 4 is 33.3 Å². The molecule has 1 fully saturated rings. The van der Waals surface area contributed by atoms with Gasteiger partial charge in [-0.15, -0.1) is 11.3 Å². The van der Waals surface area contributed by atoms with E-state index in [1.54, 1.807) is 6.92 Å². The van der Waals surface area contributed by atoms with Crippen LogP contribution in [0.25, 0.3) is 10.2 Å². The summed E-state index contributed by atoms with van der Waals surface area (Å²) >= 11 is 1.31. The van der Waals surface area contributed by atoms with E-state index in [-0.39, 0.29) is 17.8 Å². The normalized spacial score (nSPS) is 15.7. The fourth-order valence-corrected chi connectivity index (χ4v) is 4.86. The summed E-state index contributed by atoms with van der Waals surface area (Å²) < 4.78 is 24.2. The summed E-state index contributed by atoms with van der Waals surface area (Å²) in [5.41, 5.74) is 1.83. The van der Waals surface area contributed by atoms with Crippen LogP contribution in [0.2, 0.25) is 0 Å². The molecule has 3 aromatic rings. The topological polar surface area (TPSA) is 76.6 Å². The molecule has 0 saturated carbocycles. The van der Waals surface area contributed by atoms with Crippen molar-refractivity contribution in [1.29, 1.82) is 0 Å². The molecular weight excluding hydrogens is 419 g/mol. The number of aromatic nitrogens is 2. The van der Waals surface area contributed by atoms with Gasteiger partial charge in [-0.2, -0.15) is 0 Å². The monoisotopic (exact) mass is 444 g/mol. The first kappa shape index (κ1) is 21.6. The smallest absolute Gasteiger partial charge is 0.348 e. The van der Waals surface area contributed by atoms with Crippen molar-refractivity contribution in [3.63, 3.8) is 0 Å². The molecule has 0 radical (unpaired) electrons. The summed E-state index contributed by atoms with van der Waals surface area (Å²) in [4.78, 5) is 24.7. The van der Waals surface area contributed by atoms with Crippen LogP contribution in [0.1, 0.15) is 33.8 Å². The number of esters is 1. The number of fused-ring (bicyclic) bond motifs is 1. The number of ether oxygens (including phenoxy) is 2. The van der Waals surface area contributed by atoms with Crippen LogP contribution in [0, 0.1) is 12.7 Å². The summed E-state index contributed by atoms with van der Waals surface area (Å²) in [5, 5.41) is 4.28. The molecular formula is C22H25FN4O3S. The molecule has 1 N–H and O–H groups in total. The molecule has 7 nitrogen and oxygen atoms in total. The Bertz CT molecular complexity index is 1050. The highest BCUT2D eigenvalue weighted by Gasteiger charge is 2.24. The Morgan fingerprint density at radius 1 is 1.29 bits per heavy atom. The number of thiophene rings is 1. The molecule has 4 rings (SSSR count). The number of hydrogen-bond acceptors (Lipinski definition) is 8. The van der Waals surface area contributed by atoms with Gasteiger partial charge in [-0.25, -0.2) is 19.2 Å². The SMILES string of the molecule is CCOC(=O)c1sc2ncnc(NCC(c3ccc(F)cc3)N3CCOCC3)c2c1C. The third-order valence-corrected chi connectivity index (χ3v) is 6.57. The number of hydrogen-bond donors (Lipinski definition) is 1. The van der Waals surface area contributed by atoms with Crippen molar-refractivity contribution in [2.24, 2.45) is 0 Å². The summed E-state index contributed by atoms with van der Waals surface area (Å²) in [7, 11) is 0. The van der Waals surface area contributed by atoms with Crippen molar-refractivity contribution in [1.82, 2.24) is 14.9 Å². The number of halogens is 1. The maximum atomic E-state index is 13.5. The molecule has 31 heavy (non-hydrogen) atoms. The number of benzene rings is 1. The highest BCUT2D eigenvalue weighted by molar-refractivity contribution is 7.20. The van der Waals surface area contributed by atoms with E-state index in [2.05, 4.69) is 20.2 Å². The molecule has 0 aliphatic carbocycles. The van der Waals surface area contributed by atoms with Crippen LogP contribution >= 0.6 is 11.3 Å². The molecule has 1 aliphatic rings. The average molecular weight is 445 g/mol. The first-order valence-electron chi connectivity index (χ1n) is 10.3. The van der Waals surface area contributed by atoms with Crippen LogP contribution in [0.15, 0.2) is 30.6 Å². The van der Waals surface area contributed by atoms with E-state index >= 15 is 0 Å². The Labute approximate surface area is 184 Å². The number of carbonyl (C=O) groups is 1. The van der Waals surface area contributed by atoms with Gasteiger partial charge in [0, 0.05) is 19.6 Å². The molecule has 1 aliphatic heterocycles.